The lowest BCUT2D eigenvalue weighted by molar-refractivity contribution is -0.127. The van der Waals surface area contributed by atoms with Crippen LogP contribution in [-0.2, 0) is 5.60 Å². The first-order valence-electron chi connectivity index (χ1n) is 11.7. The van der Waals surface area contributed by atoms with E-state index in [1.165, 1.54) is 5.56 Å². The van der Waals surface area contributed by atoms with Gasteiger partial charge in [-0.1, -0.05) is 51.0 Å². The number of H-pyrrole nitrogens is 1. The van der Waals surface area contributed by atoms with E-state index in [1.807, 2.05) is 24.3 Å². The zero-order valence-electron chi connectivity index (χ0n) is 20.1. The lowest BCUT2D eigenvalue weighted by Crippen LogP contribution is -2.63. The average molecular weight is 451 g/mol. The SMILES string of the molecule is CC(C)c1ccc([C@](O)(c2cncc(C#Cc3cc4cccnc4[nH]3)c2)C2(C)CN(C)C2)cc1. The highest BCUT2D eigenvalue weighted by Crippen LogP contribution is 2.50. The van der Waals surface area contributed by atoms with Gasteiger partial charge < -0.3 is 15.0 Å². The Morgan fingerprint density at radius 2 is 1.82 bits per heavy atom. The van der Waals surface area contributed by atoms with E-state index >= 15 is 0 Å². The van der Waals surface area contributed by atoms with E-state index < -0.39 is 5.60 Å². The zero-order valence-corrected chi connectivity index (χ0v) is 20.1. The van der Waals surface area contributed by atoms with E-state index in [0.717, 1.165) is 46.5 Å². The van der Waals surface area contributed by atoms with Crippen molar-refractivity contribution in [3.8, 4) is 11.8 Å². The second-order valence-electron chi connectivity index (χ2n) is 10.1. The van der Waals surface area contributed by atoms with Crippen LogP contribution < -0.4 is 0 Å². The van der Waals surface area contributed by atoms with Crippen LogP contribution >= 0.6 is 0 Å². The third-order valence-electron chi connectivity index (χ3n) is 7.00. The van der Waals surface area contributed by atoms with Gasteiger partial charge in [0.2, 0.25) is 0 Å². The first kappa shape index (κ1) is 22.3. The molecule has 1 atom stereocenters. The van der Waals surface area contributed by atoms with Gasteiger partial charge in [-0.3, -0.25) is 4.98 Å². The summed E-state index contributed by atoms with van der Waals surface area (Å²) < 4.78 is 0. The molecule has 4 aromatic rings. The molecule has 0 bridgehead atoms. The quantitative estimate of drug-likeness (QED) is 0.444. The second-order valence-corrected chi connectivity index (χ2v) is 10.1. The van der Waals surface area contributed by atoms with Gasteiger partial charge in [-0.2, -0.15) is 0 Å². The number of hydrogen-bond donors (Lipinski definition) is 2. The van der Waals surface area contributed by atoms with E-state index in [1.54, 1.807) is 18.6 Å². The Bertz CT molecular complexity index is 1350. The lowest BCUT2D eigenvalue weighted by atomic mass is 9.62. The highest BCUT2D eigenvalue weighted by Gasteiger charge is 2.55. The molecule has 0 amide bonds. The predicted molar refractivity (Wildman–Crippen MR) is 135 cm³/mol. The van der Waals surface area contributed by atoms with Crippen LogP contribution in [0.5, 0.6) is 0 Å². The van der Waals surface area contributed by atoms with Crippen molar-refractivity contribution in [2.45, 2.75) is 32.3 Å². The molecule has 5 heteroatoms. The molecule has 0 aliphatic carbocycles. The molecule has 172 valence electrons. The Balaban J connectivity index is 1.54. The maximum atomic E-state index is 12.4. The summed E-state index contributed by atoms with van der Waals surface area (Å²) in [5, 5.41) is 13.4. The number of rotatable bonds is 4. The van der Waals surface area contributed by atoms with Crippen molar-refractivity contribution in [2.24, 2.45) is 5.41 Å². The third kappa shape index (κ3) is 3.79. The van der Waals surface area contributed by atoms with Crippen molar-refractivity contribution >= 4 is 11.0 Å². The van der Waals surface area contributed by atoms with Gasteiger partial charge >= 0.3 is 0 Å². The van der Waals surface area contributed by atoms with Crippen LogP contribution in [0.2, 0.25) is 0 Å². The van der Waals surface area contributed by atoms with Gasteiger partial charge in [0, 0.05) is 53.6 Å². The third-order valence-corrected chi connectivity index (χ3v) is 7.00. The van der Waals surface area contributed by atoms with Crippen molar-refractivity contribution in [1.82, 2.24) is 19.9 Å². The Labute approximate surface area is 200 Å². The Hall–Kier alpha value is -3.46. The van der Waals surface area contributed by atoms with Crippen molar-refractivity contribution in [3.63, 3.8) is 0 Å². The molecule has 1 fully saturated rings. The number of aromatic amines is 1. The molecule has 5 nitrogen and oxygen atoms in total. The molecule has 0 saturated carbocycles. The highest BCUT2D eigenvalue weighted by atomic mass is 16.3. The summed E-state index contributed by atoms with van der Waals surface area (Å²) in [6, 6.07) is 16.3. The number of aliphatic hydroxyl groups is 1. The van der Waals surface area contributed by atoms with Gasteiger partial charge in [-0.15, -0.1) is 0 Å². The van der Waals surface area contributed by atoms with Gasteiger partial charge in [0.1, 0.15) is 11.2 Å². The average Bonchev–Trinajstić information content (AvgIpc) is 3.24. The van der Waals surface area contributed by atoms with Crippen LogP contribution in [0.1, 0.15) is 54.6 Å². The summed E-state index contributed by atoms with van der Waals surface area (Å²) in [4.78, 5) is 14.3. The Kier molecular flexibility index (Phi) is 5.51. The van der Waals surface area contributed by atoms with Gasteiger partial charge in [-0.05, 0) is 54.3 Å². The topological polar surface area (TPSA) is 65.0 Å². The summed E-state index contributed by atoms with van der Waals surface area (Å²) >= 11 is 0. The minimum atomic E-state index is -1.18. The molecule has 1 saturated heterocycles. The van der Waals surface area contributed by atoms with E-state index in [9.17, 15) is 5.11 Å². The molecule has 0 unspecified atom stereocenters. The summed E-state index contributed by atoms with van der Waals surface area (Å²) in [5.41, 5.74) is 3.78. The minimum absolute atomic E-state index is 0.336. The van der Waals surface area contributed by atoms with Crippen molar-refractivity contribution in [3.05, 3.63) is 95.1 Å². The fourth-order valence-corrected chi connectivity index (χ4v) is 5.22. The summed E-state index contributed by atoms with van der Waals surface area (Å²) in [7, 11) is 2.08. The summed E-state index contributed by atoms with van der Waals surface area (Å²) in [6.45, 7) is 8.11. The molecule has 5 rings (SSSR count). The molecular formula is C29H30N4O. The van der Waals surface area contributed by atoms with E-state index in [4.69, 9.17) is 0 Å². The number of benzene rings is 1. The molecule has 1 aromatic carbocycles. The van der Waals surface area contributed by atoms with Gasteiger partial charge in [0.25, 0.3) is 0 Å². The number of hydrogen-bond acceptors (Lipinski definition) is 4. The molecule has 1 aliphatic rings. The largest absolute Gasteiger partial charge is 0.380 e. The van der Waals surface area contributed by atoms with Crippen LogP contribution in [0.4, 0.5) is 0 Å². The molecular weight excluding hydrogens is 420 g/mol. The zero-order chi connectivity index (χ0) is 23.9. The standard InChI is InChI=1S/C29H30N4O/c1-20(2)22-8-10-24(11-9-22)29(34,28(3)18-33(4)19-28)25-14-21(16-30-17-25)7-12-26-15-23-6-5-13-31-27(23)32-26/h5-6,8-11,13-17,20,34H,18-19H2,1-4H3,(H,31,32)/t29-/m0/s1. The van der Waals surface area contributed by atoms with Gasteiger partial charge in [0.05, 0.1) is 5.69 Å². The maximum Gasteiger partial charge on any atom is 0.138 e. The van der Waals surface area contributed by atoms with E-state index in [-0.39, 0.29) is 5.41 Å². The molecule has 3 aromatic heterocycles. The molecule has 1 aliphatic heterocycles. The Morgan fingerprint density at radius 3 is 2.50 bits per heavy atom. The molecule has 2 N–H and O–H groups in total. The maximum absolute atomic E-state index is 12.4. The van der Waals surface area contributed by atoms with Crippen molar-refractivity contribution in [1.29, 1.82) is 0 Å². The van der Waals surface area contributed by atoms with Crippen LogP contribution in [0.15, 0.2) is 67.1 Å². The van der Waals surface area contributed by atoms with Crippen LogP contribution in [0.3, 0.4) is 0 Å². The first-order valence-corrected chi connectivity index (χ1v) is 11.7. The number of likely N-dealkylation sites (tertiary alicyclic amines) is 1. The second kappa shape index (κ2) is 8.39. The number of nitrogens with zero attached hydrogens (tertiary/aromatic N) is 3. The monoisotopic (exact) mass is 450 g/mol. The molecule has 0 spiro atoms. The fourth-order valence-electron chi connectivity index (χ4n) is 5.22. The fraction of sp³-hybridized carbons (Fsp3) is 0.310. The van der Waals surface area contributed by atoms with Crippen LogP contribution in [0.25, 0.3) is 11.0 Å². The highest BCUT2D eigenvalue weighted by molar-refractivity contribution is 5.77. The van der Waals surface area contributed by atoms with Crippen LogP contribution in [-0.4, -0.2) is 45.1 Å². The van der Waals surface area contributed by atoms with E-state index in [0.29, 0.717) is 5.92 Å². The van der Waals surface area contributed by atoms with Crippen LogP contribution in [0, 0.1) is 17.3 Å². The summed E-state index contributed by atoms with van der Waals surface area (Å²) in [6.07, 6.45) is 5.28. The summed E-state index contributed by atoms with van der Waals surface area (Å²) in [5.74, 6) is 6.84. The number of aromatic nitrogens is 3. The van der Waals surface area contributed by atoms with E-state index in [2.05, 4.69) is 83.8 Å². The first-order chi connectivity index (χ1) is 16.3. The normalized spacial score (nSPS) is 17.1. The minimum Gasteiger partial charge on any atom is -0.380 e. The predicted octanol–water partition coefficient (Wildman–Crippen LogP) is 4.67. The molecule has 34 heavy (non-hydrogen) atoms. The van der Waals surface area contributed by atoms with Crippen molar-refractivity contribution in [2.75, 3.05) is 20.1 Å². The Morgan fingerprint density at radius 1 is 1.06 bits per heavy atom. The van der Waals surface area contributed by atoms with Gasteiger partial charge in [-0.25, -0.2) is 4.98 Å². The molecule has 0 radical (unpaired) electrons. The lowest BCUT2D eigenvalue weighted by Gasteiger charge is -2.55. The number of nitrogens with one attached hydrogen (secondary N) is 1. The smallest absolute Gasteiger partial charge is 0.138 e. The van der Waals surface area contributed by atoms with Crippen molar-refractivity contribution < 1.29 is 5.11 Å². The number of fused-ring (bicyclic) bond motifs is 1. The van der Waals surface area contributed by atoms with Gasteiger partial charge in [0.15, 0.2) is 0 Å². The number of pyridine rings is 2. The molecule has 4 heterocycles.